The van der Waals surface area contributed by atoms with Crippen molar-refractivity contribution >= 4 is 23.4 Å². The molecule has 0 saturated heterocycles. The number of rotatable bonds is 6. The third-order valence-corrected chi connectivity index (χ3v) is 4.07. The monoisotopic (exact) mass is 357 g/mol. The molecule has 1 aromatic carbocycles. The number of benzene rings is 1. The normalized spacial score (nSPS) is 13.0. The first kappa shape index (κ1) is 17.9. The molecule has 1 aliphatic rings. The molecule has 8 heteroatoms. The third kappa shape index (κ3) is 4.60. The van der Waals surface area contributed by atoms with Gasteiger partial charge in [-0.1, -0.05) is 19.1 Å². The number of ether oxygens (including phenoxy) is 1. The Morgan fingerprint density at radius 3 is 2.81 bits per heavy atom. The number of H-pyrrole nitrogens is 1. The number of urea groups is 1. The number of carbonyl (C=O) groups is 2. The second-order valence-corrected chi connectivity index (χ2v) is 6.13. The fraction of sp³-hybridized carbons (Fsp3) is 0.389. The van der Waals surface area contributed by atoms with E-state index in [0.717, 1.165) is 29.7 Å². The molecule has 3 amide bonds. The minimum absolute atomic E-state index is 0.147. The van der Waals surface area contributed by atoms with Gasteiger partial charge in [0, 0.05) is 29.9 Å². The summed E-state index contributed by atoms with van der Waals surface area (Å²) in [5.41, 5.74) is 3.47. The highest BCUT2D eigenvalue weighted by atomic mass is 16.5. The van der Waals surface area contributed by atoms with Crippen LogP contribution in [0.25, 0.3) is 0 Å². The van der Waals surface area contributed by atoms with Crippen molar-refractivity contribution in [2.24, 2.45) is 0 Å². The highest BCUT2D eigenvalue weighted by Gasteiger charge is 2.18. The molecule has 0 aliphatic carbocycles. The van der Waals surface area contributed by atoms with Crippen molar-refractivity contribution in [3.63, 3.8) is 0 Å². The van der Waals surface area contributed by atoms with Gasteiger partial charge >= 0.3 is 6.03 Å². The number of anilines is 2. The Balaban J connectivity index is 1.53. The maximum Gasteiger partial charge on any atom is 0.319 e. The molecule has 4 N–H and O–H groups in total. The van der Waals surface area contributed by atoms with Gasteiger partial charge in [-0.25, -0.2) is 4.79 Å². The minimum atomic E-state index is -0.233. The van der Waals surface area contributed by atoms with Crippen LogP contribution in [0.4, 0.5) is 16.3 Å². The first-order valence-electron chi connectivity index (χ1n) is 8.73. The zero-order valence-corrected chi connectivity index (χ0v) is 14.7. The first-order valence-corrected chi connectivity index (χ1v) is 8.73. The Morgan fingerprint density at radius 1 is 1.23 bits per heavy atom. The number of nitrogens with one attached hydrogen (secondary N) is 4. The number of hydrogen-bond donors (Lipinski definition) is 4. The molecule has 0 bridgehead atoms. The van der Waals surface area contributed by atoms with Crippen LogP contribution in [0.15, 0.2) is 24.3 Å². The van der Waals surface area contributed by atoms with Gasteiger partial charge < -0.3 is 20.7 Å². The third-order valence-electron chi connectivity index (χ3n) is 4.07. The van der Waals surface area contributed by atoms with Crippen molar-refractivity contribution in [3.8, 4) is 0 Å². The molecule has 0 unspecified atom stereocenters. The fourth-order valence-electron chi connectivity index (χ4n) is 2.70. The Bertz CT molecular complexity index is 770. The van der Waals surface area contributed by atoms with Crippen LogP contribution in [-0.4, -0.2) is 35.3 Å². The molecule has 1 aliphatic heterocycles. The Labute approximate surface area is 151 Å². The number of fused-ring (bicyclic) bond motifs is 1. The number of amides is 3. The predicted octanol–water partition coefficient (Wildman–Crippen LogP) is 2.20. The number of aromatic nitrogens is 2. The summed E-state index contributed by atoms with van der Waals surface area (Å²) in [6.45, 7) is 3.75. The molecule has 26 heavy (non-hydrogen) atoms. The quantitative estimate of drug-likeness (QED) is 0.635. The predicted molar refractivity (Wildman–Crippen MR) is 98.0 cm³/mol. The molecule has 138 valence electrons. The van der Waals surface area contributed by atoms with Gasteiger partial charge in [0.05, 0.1) is 19.6 Å². The summed E-state index contributed by atoms with van der Waals surface area (Å²) in [5, 5.41) is 15.4. The molecule has 0 spiro atoms. The van der Waals surface area contributed by atoms with Crippen LogP contribution in [0, 0.1) is 0 Å². The second-order valence-electron chi connectivity index (χ2n) is 6.13. The van der Waals surface area contributed by atoms with Crippen molar-refractivity contribution in [1.82, 2.24) is 15.5 Å². The van der Waals surface area contributed by atoms with Gasteiger partial charge in [-0.05, 0) is 24.1 Å². The molecule has 0 fully saturated rings. The molecule has 2 aromatic rings. The lowest BCUT2D eigenvalue weighted by Gasteiger charge is -2.12. The highest BCUT2D eigenvalue weighted by molar-refractivity contribution is 5.92. The molecule has 3 rings (SSSR count). The Hall–Kier alpha value is -2.87. The van der Waals surface area contributed by atoms with Gasteiger partial charge in [-0.3, -0.25) is 9.89 Å². The lowest BCUT2D eigenvalue weighted by atomic mass is 10.1. The van der Waals surface area contributed by atoms with Crippen LogP contribution in [0.1, 0.15) is 30.2 Å². The SMILES string of the molecule is CCCNC(=O)Nc1ccc(CC(=O)Nc2n[nH]c3c2COCC3)cc1. The van der Waals surface area contributed by atoms with E-state index in [1.165, 1.54) is 0 Å². The lowest BCUT2D eigenvalue weighted by Crippen LogP contribution is -2.29. The number of nitrogens with zero attached hydrogens (tertiary/aromatic N) is 1. The standard InChI is InChI=1S/C18H23N5O3/c1-2-8-19-18(25)20-13-5-3-12(4-6-13)10-16(24)21-17-14-11-26-9-7-15(14)22-23-17/h3-6H,2,7-11H2,1H3,(H2,19,20,25)(H2,21,22,23,24). The van der Waals surface area contributed by atoms with Crippen molar-refractivity contribution in [2.75, 3.05) is 23.8 Å². The first-order chi connectivity index (χ1) is 12.7. The molecular weight excluding hydrogens is 334 g/mol. The van der Waals surface area contributed by atoms with Crippen molar-refractivity contribution < 1.29 is 14.3 Å². The summed E-state index contributed by atoms with van der Waals surface area (Å²) in [5.74, 6) is 0.391. The van der Waals surface area contributed by atoms with Crippen molar-refractivity contribution in [2.45, 2.75) is 32.8 Å². The number of carbonyl (C=O) groups excluding carboxylic acids is 2. The zero-order valence-electron chi connectivity index (χ0n) is 14.7. The molecule has 2 heterocycles. The minimum Gasteiger partial charge on any atom is -0.376 e. The van der Waals surface area contributed by atoms with E-state index in [1.54, 1.807) is 12.1 Å². The van der Waals surface area contributed by atoms with E-state index in [1.807, 2.05) is 19.1 Å². The van der Waals surface area contributed by atoms with E-state index in [0.29, 0.717) is 31.3 Å². The van der Waals surface area contributed by atoms with E-state index >= 15 is 0 Å². The molecule has 8 nitrogen and oxygen atoms in total. The summed E-state index contributed by atoms with van der Waals surface area (Å²) < 4.78 is 5.41. The van der Waals surface area contributed by atoms with Crippen LogP contribution in [0.5, 0.6) is 0 Å². The molecular formula is C18H23N5O3. The van der Waals surface area contributed by atoms with Crippen LogP contribution in [-0.2, 0) is 29.0 Å². The smallest absolute Gasteiger partial charge is 0.319 e. The molecule has 1 aromatic heterocycles. The summed E-state index contributed by atoms with van der Waals surface area (Å²) in [7, 11) is 0. The number of aromatic amines is 1. The van der Waals surface area contributed by atoms with Crippen LogP contribution >= 0.6 is 0 Å². The summed E-state index contributed by atoms with van der Waals surface area (Å²) in [6.07, 6.45) is 1.89. The largest absolute Gasteiger partial charge is 0.376 e. The maximum absolute atomic E-state index is 12.3. The average Bonchev–Trinajstić information content (AvgIpc) is 3.04. The summed E-state index contributed by atoms with van der Waals surface area (Å²) >= 11 is 0. The van der Waals surface area contributed by atoms with E-state index in [9.17, 15) is 9.59 Å². The van der Waals surface area contributed by atoms with Gasteiger partial charge in [-0.2, -0.15) is 5.10 Å². The molecule has 0 radical (unpaired) electrons. The van der Waals surface area contributed by atoms with E-state index in [-0.39, 0.29) is 18.4 Å². The maximum atomic E-state index is 12.3. The van der Waals surface area contributed by atoms with E-state index in [2.05, 4.69) is 26.1 Å². The average molecular weight is 357 g/mol. The van der Waals surface area contributed by atoms with E-state index in [4.69, 9.17) is 4.74 Å². The Morgan fingerprint density at radius 2 is 2.04 bits per heavy atom. The summed E-state index contributed by atoms with van der Waals surface area (Å²) in [4.78, 5) is 23.9. The molecule has 0 atom stereocenters. The highest BCUT2D eigenvalue weighted by Crippen LogP contribution is 2.22. The lowest BCUT2D eigenvalue weighted by molar-refractivity contribution is -0.115. The number of hydrogen-bond acceptors (Lipinski definition) is 4. The summed E-state index contributed by atoms with van der Waals surface area (Å²) in [6, 6.07) is 6.95. The van der Waals surface area contributed by atoms with Crippen LogP contribution in [0.2, 0.25) is 0 Å². The van der Waals surface area contributed by atoms with Crippen LogP contribution in [0.3, 0.4) is 0 Å². The van der Waals surface area contributed by atoms with Gasteiger partial charge in [0.25, 0.3) is 0 Å². The zero-order chi connectivity index (χ0) is 18.4. The van der Waals surface area contributed by atoms with Gasteiger partial charge in [0.1, 0.15) is 0 Å². The van der Waals surface area contributed by atoms with E-state index < -0.39 is 0 Å². The van der Waals surface area contributed by atoms with Gasteiger partial charge in [0.15, 0.2) is 5.82 Å². The Kier molecular flexibility index (Phi) is 5.85. The van der Waals surface area contributed by atoms with Crippen molar-refractivity contribution in [3.05, 3.63) is 41.1 Å². The van der Waals surface area contributed by atoms with Crippen molar-refractivity contribution in [1.29, 1.82) is 0 Å². The second kappa shape index (κ2) is 8.48. The fourth-order valence-corrected chi connectivity index (χ4v) is 2.70. The topological polar surface area (TPSA) is 108 Å². The van der Waals surface area contributed by atoms with Gasteiger partial charge in [0.2, 0.25) is 5.91 Å². The van der Waals surface area contributed by atoms with Crippen LogP contribution < -0.4 is 16.0 Å². The van der Waals surface area contributed by atoms with Gasteiger partial charge in [-0.15, -0.1) is 0 Å². The molecule has 0 saturated carbocycles.